The summed E-state index contributed by atoms with van der Waals surface area (Å²) in [5.74, 6) is 0.955. The molecular weight excluding hydrogens is 427 g/mol. The fourth-order valence-electron chi connectivity index (χ4n) is 4.30. The van der Waals surface area contributed by atoms with Gasteiger partial charge in [0.15, 0.2) is 5.96 Å². The molecule has 6 heteroatoms. The lowest BCUT2D eigenvalue weighted by Crippen LogP contribution is -2.48. The molecule has 2 rings (SSSR count). The highest BCUT2D eigenvalue weighted by atomic mass is 127. The second-order valence-corrected chi connectivity index (χ2v) is 7.56. The van der Waals surface area contributed by atoms with Crippen LogP contribution in [0.2, 0.25) is 0 Å². The lowest BCUT2D eigenvalue weighted by molar-refractivity contribution is 0.138. The SMILES string of the molecule is CCC(CNC(=NC)NCC1(CCOC)CCCC1)N1CCCC1.I. The van der Waals surface area contributed by atoms with Crippen LogP contribution in [0.25, 0.3) is 0 Å². The van der Waals surface area contributed by atoms with Gasteiger partial charge in [-0.2, -0.15) is 0 Å². The third-order valence-electron chi connectivity index (χ3n) is 5.99. The van der Waals surface area contributed by atoms with Crippen LogP contribution < -0.4 is 10.6 Å². The van der Waals surface area contributed by atoms with Crippen molar-refractivity contribution in [3.05, 3.63) is 0 Å². The molecule has 2 aliphatic rings. The second-order valence-electron chi connectivity index (χ2n) is 7.56. The van der Waals surface area contributed by atoms with Gasteiger partial charge in [-0.25, -0.2) is 0 Å². The molecule has 0 aromatic rings. The van der Waals surface area contributed by atoms with Gasteiger partial charge in [0.1, 0.15) is 0 Å². The van der Waals surface area contributed by atoms with E-state index in [9.17, 15) is 0 Å². The van der Waals surface area contributed by atoms with E-state index < -0.39 is 0 Å². The molecule has 0 amide bonds. The summed E-state index contributed by atoms with van der Waals surface area (Å²) in [4.78, 5) is 7.06. The van der Waals surface area contributed by atoms with Gasteiger partial charge in [-0.3, -0.25) is 9.89 Å². The van der Waals surface area contributed by atoms with Gasteiger partial charge in [0.2, 0.25) is 0 Å². The predicted molar refractivity (Wildman–Crippen MR) is 117 cm³/mol. The van der Waals surface area contributed by atoms with Crippen molar-refractivity contribution in [2.45, 2.75) is 64.3 Å². The van der Waals surface area contributed by atoms with Crippen LogP contribution in [-0.4, -0.2) is 63.8 Å². The first-order chi connectivity index (χ1) is 11.7. The molecule has 1 aliphatic heterocycles. The third-order valence-corrected chi connectivity index (χ3v) is 5.99. The van der Waals surface area contributed by atoms with Gasteiger partial charge in [0, 0.05) is 39.9 Å². The van der Waals surface area contributed by atoms with Crippen LogP contribution in [0, 0.1) is 5.41 Å². The molecule has 1 aliphatic carbocycles. The first-order valence-corrected chi connectivity index (χ1v) is 9.90. The number of halogens is 1. The summed E-state index contributed by atoms with van der Waals surface area (Å²) >= 11 is 0. The van der Waals surface area contributed by atoms with E-state index in [0.29, 0.717) is 11.5 Å². The quantitative estimate of drug-likeness (QED) is 0.311. The van der Waals surface area contributed by atoms with Crippen molar-refractivity contribution in [1.82, 2.24) is 15.5 Å². The Bertz CT molecular complexity index is 380. The fourth-order valence-corrected chi connectivity index (χ4v) is 4.30. The largest absolute Gasteiger partial charge is 0.385 e. The molecule has 2 fully saturated rings. The van der Waals surface area contributed by atoms with Gasteiger partial charge in [-0.15, -0.1) is 24.0 Å². The fraction of sp³-hybridized carbons (Fsp3) is 0.947. The Morgan fingerprint density at radius 2 is 1.84 bits per heavy atom. The highest BCUT2D eigenvalue weighted by molar-refractivity contribution is 14.0. The zero-order valence-electron chi connectivity index (χ0n) is 16.5. The van der Waals surface area contributed by atoms with E-state index in [4.69, 9.17) is 4.74 Å². The van der Waals surface area contributed by atoms with Crippen LogP contribution in [0.3, 0.4) is 0 Å². The Hall–Kier alpha value is -0.0800. The summed E-state index contributed by atoms with van der Waals surface area (Å²) < 4.78 is 5.33. The molecule has 148 valence electrons. The number of rotatable bonds is 9. The topological polar surface area (TPSA) is 48.9 Å². The standard InChI is InChI=1S/C19H38N4O.HI/c1-4-17(23-12-7-8-13-23)15-21-18(20-2)22-16-19(11-14-24-3)9-5-6-10-19;/h17H,4-16H2,1-3H3,(H2,20,21,22);1H. The number of ether oxygens (including phenoxy) is 1. The van der Waals surface area contributed by atoms with Crippen LogP contribution in [0.5, 0.6) is 0 Å². The molecule has 1 saturated heterocycles. The Morgan fingerprint density at radius 1 is 1.16 bits per heavy atom. The minimum atomic E-state index is 0. The van der Waals surface area contributed by atoms with Crippen molar-refractivity contribution in [1.29, 1.82) is 0 Å². The Balaban J connectivity index is 0.00000312. The van der Waals surface area contributed by atoms with Crippen molar-refractivity contribution in [2.75, 3.05) is 46.9 Å². The van der Waals surface area contributed by atoms with Crippen molar-refractivity contribution < 1.29 is 4.74 Å². The van der Waals surface area contributed by atoms with E-state index in [0.717, 1.165) is 32.1 Å². The summed E-state index contributed by atoms with van der Waals surface area (Å²) in [5, 5.41) is 7.16. The molecule has 0 aromatic carbocycles. The van der Waals surface area contributed by atoms with Gasteiger partial charge in [0.05, 0.1) is 0 Å². The first kappa shape index (κ1) is 23.0. The van der Waals surface area contributed by atoms with E-state index >= 15 is 0 Å². The maximum absolute atomic E-state index is 5.33. The third kappa shape index (κ3) is 7.21. The Kier molecular flexibility index (Phi) is 11.3. The maximum Gasteiger partial charge on any atom is 0.191 e. The summed E-state index contributed by atoms with van der Waals surface area (Å²) in [6.07, 6.45) is 10.4. The van der Waals surface area contributed by atoms with Crippen molar-refractivity contribution >= 4 is 29.9 Å². The zero-order valence-corrected chi connectivity index (χ0v) is 18.8. The van der Waals surface area contributed by atoms with Crippen molar-refractivity contribution in [3.8, 4) is 0 Å². The molecule has 1 atom stereocenters. The van der Waals surface area contributed by atoms with E-state index in [1.54, 1.807) is 7.11 Å². The molecule has 2 N–H and O–H groups in total. The molecule has 0 spiro atoms. The van der Waals surface area contributed by atoms with E-state index in [2.05, 4.69) is 27.4 Å². The molecule has 0 aromatic heterocycles. The molecule has 5 nitrogen and oxygen atoms in total. The van der Waals surface area contributed by atoms with Crippen LogP contribution in [0.4, 0.5) is 0 Å². The number of hydrogen-bond acceptors (Lipinski definition) is 3. The van der Waals surface area contributed by atoms with Crippen molar-refractivity contribution in [3.63, 3.8) is 0 Å². The zero-order chi connectivity index (χ0) is 17.3. The maximum atomic E-state index is 5.33. The molecule has 0 bridgehead atoms. The summed E-state index contributed by atoms with van der Waals surface area (Å²) in [6, 6.07) is 0.625. The summed E-state index contributed by atoms with van der Waals surface area (Å²) in [5.41, 5.74) is 0.396. The predicted octanol–water partition coefficient (Wildman–Crippen LogP) is 3.24. The smallest absolute Gasteiger partial charge is 0.191 e. The molecule has 0 radical (unpaired) electrons. The van der Waals surface area contributed by atoms with Gasteiger partial charge in [-0.05, 0) is 57.0 Å². The Labute approximate surface area is 171 Å². The second kappa shape index (κ2) is 12.3. The van der Waals surface area contributed by atoms with Gasteiger partial charge < -0.3 is 15.4 Å². The van der Waals surface area contributed by atoms with Crippen LogP contribution in [0.15, 0.2) is 4.99 Å². The average Bonchev–Trinajstić information content (AvgIpc) is 3.29. The number of aliphatic imine (C=N–C) groups is 1. The number of likely N-dealkylation sites (tertiary alicyclic amines) is 1. The van der Waals surface area contributed by atoms with Crippen LogP contribution in [-0.2, 0) is 4.74 Å². The molecule has 1 saturated carbocycles. The van der Waals surface area contributed by atoms with E-state index in [1.807, 2.05) is 7.05 Å². The molecule has 25 heavy (non-hydrogen) atoms. The minimum absolute atomic E-state index is 0. The Morgan fingerprint density at radius 3 is 2.40 bits per heavy atom. The number of hydrogen-bond donors (Lipinski definition) is 2. The highest BCUT2D eigenvalue weighted by Crippen LogP contribution is 2.40. The average molecular weight is 466 g/mol. The first-order valence-electron chi connectivity index (χ1n) is 9.90. The number of methoxy groups -OCH3 is 1. The normalized spacial score (nSPS) is 21.8. The van der Waals surface area contributed by atoms with E-state index in [-0.39, 0.29) is 24.0 Å². The van der Waals surface area contributed by atoms with Gasteiger partial charge in [-0.1, -0.05) is 19.8 Å². The highest BCUT2D eigenvalue weighted by Gasteiger charge is 2.33. The van der Waals surface area contributed by atoms with Crippen LogP contribution in [0.1, 0.15) is 58.3 Å². The number of nitrogens with zero attached hydrogens (tertiary/aromatic N) is 2. The molecular formula is C19H39IN4O. The molecule has 1 unspecified atom stereocenters. The van der Waals surface area contributed by atoms with E-state index in [1.165, 1.54) is 58.0 Å². The summed E-state index contributed by atoms with van der Waals surface area (Å²) in [7, 11) is 3.68. The monoisotopic (exact) mass is 466 g/mol. The lowest BCUT2D eigenvalue weighted by Gasteiger charge is -2.31. The molecule has 1 heterocycles. The lowest BCUT2D eigenvalue weighted by atomic mass is 9.83. The number of nitrogens with one attached hydrogen (secondary N) is 2. The van der Waals surface area contributed by atoms with Crippen molar-refractivity contribution in [2.24, 2.45) is 10.4 Å². The number of guanidine groups is 1. The summed E-state index contributed by atoms with van der Waals surface area (Å²) in [6.45, 7) is 7.66. The minimum Gasteiger partial charge on any atom is -0.385 e. The van der Waals surface area contributed by atoms with Gasteiger partial charge >= 0.3 is 0 Å². The van der Waals surface area contributed by atoms with Gasteiger partial charge in [0.25, 0.3) is 0 Å². The van der Waals surface area contributed by atoms with Crippen LogP contribution >= 0.6 is 24.0 Å².